The molecule has 1 aromatic rings. The second kappa shape index (κ2) is 6.62. The van der Waals surface area contributed by atoms with Crippen molar-refractivity contribution in [3.63, 3.8) is 0 Å². The molecule has 0 bridgehead atoms. The number of nitrogens with one attached hydrogen (secondary N) is 1. The van der Waals surface area contributed by atoms with Crippen LogP contribution in [0.4, 0.5) is 0 Å². The molecule has 0 saturated heterocycles. The van der Waals surface area contributed by atoms with Crippen molar-refractivity contribution >= 4 is 0 Å². The maximum absolute atomic E-state index is 5.84. The van der Waals surface area contributed by atoms with Crippen molar-refractivity contribution in [1.82, 2.24) is 10.2 Å². The van der Waals surface area contributed by atoms with Crippen molar-refractivity contribution in [3.05, 3.63) is 35.8 Å². The Balaban J connectivity index is 2.58. The predicted octanol–water partition coefficient (Wildman–Crippen LogP) is 2.70. The molecule has 0 spiro atoms. The van der Waals surface area contributed by atoms with Crippen LogP contribution in [0.3, 0.4) is 0 Å². The summed E-state index contributed by atoms with van der Waals surface area (Å²) >= 11 is 0. The fourth-order valence-corrected chi connectivity index (χ4v) is 1.69. The number of furan rings is 1. The topological polar surface area (TPSA) is 28.4 Å². The van der Waals surface area contributed by atoms with Gasteiger partial charge in [-0.2, -0.15) is 0 Å². The lowest BCUT2D eigenvalue weighted by atomic mass is 10.2. The van der Waals surface area contributed by atoms with Crippen LogP contribution in [0.25, 0.3) is 0 Å². The summed E-state index contributed by atoms with van der Waals surface area (Å²) in [5, 5.41) is 3.37. The van der Waals surface area contributed by atoms with Gasteiger partial charge < -0.3 is 9.73 Å². The summed E-state index contributed by atoms with van der Waals surface area (Å²) < 4.78 is 5.84. The van der Waals surface area contributed by atoms with Crippen LogP contribution in [0.15, 0.2) is 23.1 Å². The fraction of sp³-hybridized carbons (Fsp3) is 0.571. The van der Waals surface area contributed by atoms with E-state index >= 15 is 0 Å². The van der Waals surface area contributed by atoms with Gasteiger partial charge in [0.1, 0.15) is 11.5 Å². The minimum atomic E-state index is 0.478. The molecule has 1 heterocycles. The molecule has 0 amide bonds. The number of hydrogen-bond acceptors (Lipinski definition) is 3. The number of hydrogen-bond donors (Lipinski definition) is 1. The molecule has 96 valence electrons. The maximum Gasteiger partial charge on any atom is 0.120 e. The lowest BCUT2D eigenvalue weighted by Gasteiger charge is -2.11. The normalized spacial score (nSPS) is 11.4. The monoisotopic (exact) mass is 236 g/mol. The summed E-state index contributed by atoms with van der Waals surface area (Å²) in [6, 6.07) is 2.60. The zero-order valence-electron chi connectivity index (χ0n) is 11.4. The van der Waals surface area contributed by atoms with Crippen molar-refractivity contribution in [2.75, 3.05) is 13.6 Å². The van der Waals surface area contributed by atoms with E-state index in [4.69, 9.17) is 4.42 Å². The van der Waals surface area contributed by atoms with E-state index in [0.29, 0.717) is 6.04 Å². The van der Waals surface area contributed by atoms with Gasteiger partial charge in [-0.1, -0.05) is 19.9 Å². The maximum atomic E-state index is 5.84. The Hall–Kier alpha value is -1.06. The second-order valence-corrected chi connectivity index (χ2v) is 4.84. The van der Waals surface area contributed by atoms with Crippen LogP contribution in [0.2, 0.25) is 0 Å². The average Bonchev–Trinajstić information content (AvgIpc) is 2.56. The van der Waals surface area contributed by atoms with Gasteiger partial charge in [-0.25, -0.2) is 0 Å². The molecule has 0 unspecified atom stereocenters. The van der Waals surface area contributed by atoms with Crippen LogP contribution in [-0.2, 0) is 13.1 Å². The molecule has 0 aliphatic carbocycles. The SMILES string of the molecule is C=CCN(C)Cc1cc(C)c(CNC(C)C)o1. The highest BCUT2D eigenvalue weighted by Crippen LogP contribution is 2.16. The fourth-order valence-electron chi connectivity index (χ4n) is 1.69. The molecule has 0 aromatic carbocycles. The van der Waals surface area contributed by atoms with Crippen molar-refractivity contribution in [3.8, 4) is 0 Å². The molecule has 0 atom stereocenters. The standard InChI is InChI=1S/C14H24N2O/c1-6-7-16(5)10-13-8-12(4)14(17-13)9-15-11(2)3/h6,8,11,15H,1,7,9-10H2,2-5H3. The first-order valence-electron chi connectivity index (χ1n) is 6.14. The quantitative estimate of drug-likeness (QED) is 0.738. The molecule has 17 heavy (non-hydrogen) atoms. The minimum Gasteiger partial charge on any atom is -0.463 e. The van der Waals surface area contributed by atoms with E-state index in [2.05, 4.69) is 50.7 Å². The average molecular weight is 236 g/mol. The number of aryl methyl sites for hydroxylation is 1. The molecular weight excluding hydrogens is 212 g/mol. The molecule has 1 aromatic heterocycles. The van der Waals surface area contributed by atoms with Crippen LogP contribution in [0.1, 0.15) is 30.9 Å². The largest absolute Gasteiger partial charge is 0.463 e. The highest BCUT2D eigenvalue weighted by molar-refractivity contribution is 5.20. The molecule has 0 saturated carbocycles. The van der Waals surface area contributed by atoms with Gasteiger partial charge in [-0.3, -0.25) is 4.90 Å². The van der Waals surface area contributed by atoms with E-state index in [-0.39, 0.29) is 0 Å². The lowest BCUT2D eigenvalue weighted by Crippen LogP contribution is -2.21. The van der Waals surface area contributed by atoms with Gasteiger partial charge >= 0.3 is 0 Å². The first kappa shape index (κ1) is 14.0. The zero-order chi connectivity index (χ0) is 12.8. The van der Waals surface area contributed by atoms with Gasteiger partial charge in [0.25, 0.3) is 0 Å². The molecule has 1 rings (SSSR count). The van der Waals surface area contributed by atoms with Gasteiger partial charge in [-0.05, 0) is 25.6 Å². The Morgan fingerprint density at radius 3 is 2.82 bits per heavy atom. The van der Waals surface area contributed by atoms with Crippen molar-refractivity contribution in [2.24, 2.45) is 0 Å². The van der Waals surface area contributed by atoms with E-state index in [1.54, 1.807) is 0 Å². The Morgan fingerprint density at radius 2 is 2.24 bits per heavy atom. The second-order valence-electron chi connectivity index (χ2n) is 4.84. The number of likely N-dealkylation sites (N-methyl/N-ethyl adjacent to an activating group) is 1. The summed E-state index contributed by atoms with van der Waals surface area (Å²) in [7, 11) is 2.06. The van der Waals surface area contributed by atoms with E-state index in [0.717, 1.165) is 31.2 Å². The Bertz CT molecular complexity index is 355. The molecule has 0 radical (unpaired) electrons. The third kappa shape index (κ3) is 4.75. The van der Waals surface area contributed by atoms with Gasteiger partial charge in [0.2, 0.25) is 0 Å². The van der Waals surface area contributed by atoms with Crippen molar-refractivity contribution in [2.45, 2.75) is 39.9 Å². The molecule has 1 N–H and O–H groups in total. The lowest BCUT2D eigenvalue weighted by molar-refractivity contribution is 0.313. The van der Waals surface area contributed by atoms with Crippen LogP contribution in [0.5, 0.6) is 0 Å². The Kier molecular flexibility index (Phi) is 5.45. The minimum absolute atomic E-state index is 0.478. The van der Waals surface area contributed by atoms with Gasteiger partial charge in [0.05, 0.1) is 13.1 Å². The molecule has 3 nitrogen and oxygen atoms in total. The van der Waals surface area contributed by atoms with Crippen LogP contribution in [-0.4, -0.2) is 24.5 Å². The zero-order valence-corrected chi connectivity index (χ0v) is 11.4. The Morgan fingerprint density at radius 1 is 1.53 bits per heavy atom. The molecule has 0 fully saturated rings. The van der Waals surface area contributed by atoms with E-state index < -0.39 is 0 Å². The van der Waals surface area contributed by atoms with Crippen LogP contribution in [0, 0.1) is 6.92 Å². The first-order valence-corrected chi connectivity index (χ1v) is 6.14. The first-order chi connectivity index (χ1) is 8.02. The summed E-state index contributed by atoms with van der Waals surface area (Å²) in [6.45, 7) is 12.6. The molecule has 0 aliphatic rings. The van der Waals surface area contributed by atoms with Crippen LogP contribution < -0.4 is 5.32 Å². The smallest absolute Gasteiger partial charge is 0.120 e. The Labute approximate surface area is 104 Å². The van der Waals surface area contributed by atoms with E-state index in [1.165, 1.54) is 5.56 Å². The van der Waals surface area contributed by atoms with Crippen LogP contribution >= 0.6 is 0 Å². The third-order valence-electron chi connectivity index (χ3n) is 2.61. The highest BCUT2D eigenvalue weighted by atomic mass is 16.3. The molecular formula is C14H24N2O. The van der Waals surface area contributed by atoms with Gasteiger partial charge in [-0.15, -0.1) is 6.58 Å². The third-order valence-corrected chi connectivity index (χ3v) is 2.61. The number of nitrogens with zero attached hydrogens (tertiary/aromatic N) is 1. The predicted molar refractivity (Wildman–Crippen MR) is 72.0 cm³/mol. The highest BCUT2D eigenvalue weighted by Gasteiger charge is 2.09. The summed E-state index contributed by atoms with van der Waals surface area (Å²) in [5.41, 5.74) is 1.22. The molecule has 0 aliphatic heterocycles. The van der Waals surface area contributed by atoms with E-state index in [9.17, 15) is 0 Å². The molecule has 3 heteroatoms. The summed E-state index contributed by atoms with van der Waals surface area (Å²) in [6.07, 6.45) is 1.90. The van der Waals surface area contributed by atoms with Crippen molar-refractivity contribution < 1.29 is 4.42 Å². The van der Waals surface area contributed by atoms with Gasteiger partial charge in [0, 0.05) is 12.6 Å². The van der Waals surface area contributed by atoms with Gasteiger partial charge in [0.15, 0.2) is 0 Å². The number of rotatable bonds is 7. The van der Waals surface area contributed by atoms with Crippen molar-refractivity contribution in [1.29, 1.82) is 0 Å². The summed E-state index contributed by atoms with van der Waals surface area (Å²) in [5.74, 6) is 2.06. The van der Waals surface area contributed by atoms with E-state index in [1.807, 2.05) is 6.08 Å². The summed E-state index contributed by atoms with van der Waals surface area (Å²) in [4.78, 5) is 2.17.